The highest BCUT2D eigenvalue weighted by Gasteiger charge is 2.51. The number of amides is 1. The number of fused-ring (bicyclic) bond motifs is 1. The molecule has 0 aliphatic carbocycles. The second kappa shape index (κ2) is 6.21. The van der Waals surface area contributed by atoms with E-state index in [0.29, 0.717) is 35.8 Å². The van der Waals surface area contributed by atoms with Crippen LogP contribution in [-0.2, 0) is 9.53 Å². The lowest BCUT2D eigenvalue weighted by Crippen LogP contribution is -2.68. The standard InChI is InChI=1S/C18H19FN2O4S/c1-10-5-12-13(25-10)3-4-14(16(12)19)24-6-15-11(2)21(9-26-15)18(17(20)22)7-23-8-18/h3-5H,6-9H2,1-2H3,(H2,20,22). The van der Waals surface area contributed by atoms with Crippen molar-refractivity contribution in [3.63, 3.8) is 0 Å². The summed E-state index contributed by atoms with van der Waals surface area (Å²) in [6.07, 6.45) is 0. The molecule has 6 nitrogen and oxygen atoms in total. The molecule has 2 N–H and O–H groups in total. The molecule has 138 valence electrons. The number of benzene rings is 1. The number of nitrogens with two attached hydrogens (primary N) is 1. The van der Waals surface area contributed by atoms with Gasteiger partial charge in [0.2, 0.25) is 5.91 Å². The molecule has 1 aromatic carbocycles. The zero-order chi connectivity index (χ0) is 18.5. The summed E-state index contributed by atoms with van der Waals surface area (Å²) >= 11 is 1.56. The summed E-state index contributed by atoms with van der Waals surface area (Å²) in [6, 6.07) is 4.92. The van der Waals surface area contributed by atoms with Crippen LogP contribution in [0, 0.1) is 12.7 Å². The predicted octanol–water partition coefficient (Wildman–Crippen LogP) is 2.75. The Kier molecular flexibility index (Phi) is 4.11. The average molecular weight is 378 g/mol. The van der Waals surface area contributed by atoms with Crippen LogP contribution in [0.15, 0.2) is 33.2 Å². The topological polar surface area (TPSA) is 77.9 Å². The van der Waals surface area contributed by atoms with E-state index in [1.165, 1.54) is 0 Å². The number of carbonyl (C=O) groups excluding carboxylic acids is 1. The summed E-state index contributed by atoms with van der Waals surface area (Å²) in [5.41, 5.74) is 6.21. The lowest BCUT2D eigenvalue weighted by atomic mass is 9.94. The molecule has 3 heterocycles. The van der Waals surface area contributed by atoms with Gasteiger partial charge in [0.1, 0.15) is 18.0 Å². The molecular weight excluding hydrogens is 359 g/mol. The quantitative estimate of drug-likeness (QED) is 0.862. The normalized spacial score (nSPS) is 19.1. The van der Waals surface area contributed by atoms with Gasteiger partial charge in [-0.15, -0.1) is 11.8 Å². The van der Waals surface area contributed by atoms with Gasteiger partial charge in [-0.1, -0.05) is 0 Å². The second-order valence-electron chi connectivity index (χ2n) is 6.53. The summed E-state index contributed by atoms with van der Waals surface area (Å²) in [5, 5.41) is 0.408. The number of aryl methyl sites for hydroxylation is 1. The van der Waals surface area contributed by atoms with Crippen LogP contribution in [0.4, 0.5) is 4.39 Å². The van der Waals surface area contributed by atoms with Gasteiger partial charge in [0.15, 0.2) is 17.1 Å². The number of hydrogen-bond donors (Lipinski definition) is 1. The van der Waals surface area contributed by atoms with Gasteiger partial charge in [-0.2, -0.15) is 0 Å². The van der Waals surface area contributed by atoms with Crippen LogP contribution < -0.4 is 10.5 Å². The van der Waals surface area contributed by atoms with Gasteiger partial charge in [-0.05, 0) is 32.0 Å². The van der Waals surface area contributed by atoms with Crippen LogP contribution in [-0.4, -0.2) is 42.0 Å². The minimum Gasteiger partial charge on any atom is -0.485 e. The number of ether oxygens (including phenoxy) is 2. The fourth-order valence-corrected chi connectivity index (χ4v) is 4.44. The van der Waals surface area contributed by atoms with Gasteiger partial charge in [-0.3, -0.25) is 4.79 Å². The Morgan fingerprint density at radius 3 is 2.85 bits per heavy atom. The molecule has 0 saturated carbocycles. The first-order valence-electron chi connectivity index (χ1n) is 8.22. The van der Waals surface area contributed by atoms with Crippen molar-refractivity contribution in [3.05, 3.63) is 40.4 Å². The third kappa shape index (κ3) is 2.55. The molecule has 8 heteroatoms. The van der Waals surface area contributed by atoms with Crippen molar-refractivity contribution in [1.82, 2.24) is 4.90 Å². The Bertz CT molecular complexity index is 919. The molecule has 1 saturated heterocycles. The molecule has 0 unspecified atom stereocenters. The van der Waals surface area contributed by atoms with Gasteiger partial charge in [0, 0.05) is 10.6 Å². The summed E-state index contributed by atoms with van der Waals surface area (Å²) in [7, 11) is 0. The van der Waals surface area contributed by atoms with Crippen LogP contribution in [0.1, 0.15) is 12.7 Å². The highest BCUT2D eigenvalue weighted by atomic mass is 32.2. The van der Waals surface area contributed by atoms with E-state index in [-0.39, 0.29) is 12.4 Å². The van der Waals surface area contributed by atoms with Crippen molar-refractivity contribution in [2.45, 2.75) is 19.4 Å². The van der Waals surface area contributed by atoms with Gasteiger partial charge >= 0.3 is 0 Å². The summed E-state index contributed by atoms with van der Waals surface area (Å²) < 4.78 is 30.9. The molecule has 0 radical (unpaired) electrons. The molecular formula is C18H19FN2O4S. The molecule has 2 aromatic rings. The lowest BCUT2D eigenvalue weighted by Gasteiger charge is -2.46. The molecule has 2 aliphatic heterocycles. The van der Waals surface area contributed by atoms with E-state index in [1.807, 2.05) is 11.8 Å². The molecule has 0 atom stereocenters. The van der Waals surface area contributed by atoms with E-state index < -0.39 is 17.3 Å². The van der Waals surface area contributed by atoms with Gasteiger partial charge in [0.25, 0.3) is 0 Å². The van der Waals surface area contributed by atoms with Crippen LogP contribution in [0.3, 0.4) is 0 Å². The highest BCUT2D eigenvalue weighted by molar-refractivity contribution is 8.03. The number of halogens is 1. The number of furan rings is 1. The first-order chi connectivity index (χ1) is 12.4. The highest BCUT2D eigenvalue weighted by Crippen LogP contribution is 2.40. The van der Waals surface area contributed by atoms with Gasteiger partial charge < -0.3 is 24.5 Å². The molecule has 0 bridgehead atoms. The monoisotopic (exact) mass is 378 g/mol. The Morgan fingerprint density at radius 2 is 2.19 bits per heavy atom. The van der Waals surface area contributed by atoms with Crippen molar-refractivity contribution in [2.24, 2.45) is 5.73 Å². The third-order valence-corrected chi connectivity index (χ3v) is 6.06. The number of rotatable bonds is 5. The number of allylic oxidation sites excluding steroid dienone is 1. The number of nitrogens with zero attached hydrogens (tertiary/aromatic N) is 1. The van der Waals surface area contributed by atoms with E-state index in [0.717, 1.165) is 10.6 Å². The van der Waals surface area contributed by atoms with E-state index in [1.54, 1.807) is 36.9 Å². The Morgan fingerprint density at radius 1 is 1.42 bits per heavy atom. The van der Waals surface area contributed by atoms with Crippen molar-refractivity contribution in [1.29, 1.82) is 0 Å². The van der Waals surface area contributed by atoms with E-state index >= 15 is 0 Å². The van der Waals surface area contributed by atoms with E-state index in [2.05, 4.69) is 0 Å². The maximum absolute atomic E-state index is 14.6. The van der Waals surface area contributed by atoms with Crippen LogP contribution in [0.25, 0.3) is 11.0 Å². The minimum atomic E-state index is -0.780. The van der Waals surface area contributed by atoms with Crippen LogP contribution >= 0.6 is 11.8 Å². The minimum absolute atomic E-state index is 0.175. The van der Waals surface area contributed by atoms with Crippen molar-refractivity contribution in [2.75, 3.05) is 25.7 Å². The van der Waals surface area contributed by atoms with Gasteiger partial charge in [0.05, 0.1) is 24.5 Å². The lowest BCUT2D eigenvalue weighted by molar-refractivity contribution is -0.160. The van der Waals surface area contributed by atoms with E-state index in [9.17, 15) is 9.18 Å². The molecule has 1 aromatic heterocycles. The molecule has 26 heavy (non-hydrogen) atoms. The van der Waals surface area contributed by atoms with Crippen molar-refractivity contribution in [3.8, 4) is 5.75 Å². The average Bonchev–Trinajstić information content (AvgIpc) is 3.10. The fraction of sp³-hybridized carbons (Fsp3) is 0.389. The largest absolute Gasteiger partial charge is 0.485 e. The summed E-state index contributed by atoms with van der Waals surface area (Å²) in [6.45, 7) is 4.50. The van der Waals surface area contributed by atoms with Crippen LogP contribution in [0.5, 0.6) is 5.75 Å². The van der Waals surface area contributed by atoms with E-state index in [4.69, 9.17) is 19.6 Å². The summed E-state index contributed by atoms with van der Waals surface area (Å²) in [4.78, 5) is 14.8. The number of thioether (sulfide) groups is 1. The van der Waals surface area contributed by atoms with Crippen molar-refractivity contribution < 1.29 is 23.1 Å². The molecule has 0 spiro atoms. The second-order valence-corrected chi connectivity index (χ2v) is 7.57. The molecule has 4 rings (SSSR count). The Labute approximate surface area is 154 Å². The molecule has 1 amide bonds. The van der Waals surface area contributed by atoms with Crippen molar-refractivity contribution >= 4 is 28.6 Å². The SMILES string of the molecule is CC1=C(COc2ccc3oc(C)cc3c2F)SCN1C1(C(N)=O)COC1. The zero-order valence-corrected chi connectivity index (χ0v) is 15.3. The van der Waals surface area contributed by atoms with Crippen LogP contribution in [0.2, 0.25) is 0 Å². The first-order valence-corrected chi connectivity index (χ1v) is 9.20. The maximum Gasteiger partial charge on any atom is 0.248 e. The Balaban J connectivity index is 1.53. The Hall–Kier alpha value is -2.19. The first kappa shape index (κ1) is 17.2. The predicted molar refractivity (Wildman–Crippen MR) is 96.1 cm³/mol. The number of primary amides is 1. The fourth-order valence-electron chi connectivity index (χ4n) is 3.25. The number of carbonyl (C=O) groups is 1. The molecule has 1 fully saturated rings. The third-order valence-electron chi connectivity index (χ3n) is 4.91. The van der Waals surface area contributed by atoms with Gasteiger partial charge in [-0.25, -0.2) is 4.39 Å². The number of hydrogen-bond acceptors (Lipinski definition) is 6. The molecule has 2 aliphatic rings. The maximum atomic E-state index is 14.6. The summed E-state index contributed by atoms with van der Waals surface area (Å²) in [5.74, 6) is 0.598. The zero-order valence-electron chi connectivity index (χ0n) is 14.5. The smallest absolute Gasteiger partial charge is 0.248 e.